The molecule has 2 aromatic carbocycles. The van der Waals surface area contributed by atoms with Crippen molar-refractivity contribution in [2.45, 2.75) is 37.6 Å². The van der Waals surface area contributed by atoms with Crippen LogP contribution in [0.3, 0.4) is 0 Å². The Morgan fingerprint density at radius 3 is 2.63 bits per heavy atom. The number of aryl methyl sites for hydroxylation is 1. The van der Waals surface area contributed by atoms with Crippen LogP contribution in [0.2, 0.25) is 0 Å². The number of nitrogens with zero attached hydrogens (tertiary/aromatic N) is 3. The van der Waals surface area contributed by atoms with Gasteiger partial charge < -0.3 is 9.67 Å². The number of aliphatic hydroxyl groups excluding tert-OH is 1. The van der Waals surface area contributed by atoms with Crippen LogP contribution >= 0.6 is 0 Å². The van der Waals surface area contributed by atoms with E-state index in [0.29, 0.717) is 6.42 Å². The average molecular weight is 357 g/mol. The molecule has 1 fully saturated rings. The van der Waals surface area contributed by atoms with Gasteiger partial charge in [-0.25, -0.2) is 0 Å². The van der Waals surface area contributed by atoms with Crippen molar-refractivity contribution in [1.29, 1.82) is 5.26 Å². The molecule has 2 bridgehead atoms. The van der Waals surface area contributed by atoms with Gasteiger partial charge in [0.2, 0.25) is 0 Å². The van der Waals surface area contributed by atoms with E-state index in [1.54, 1.807) is 0 Å². The summed E-state index contributed by atoms with van der Waals surface area (Å²) in [4.78, 5) is 2.46. The van der Waals surface area contributed by atoms with Gasteiger partial charge in [-0.15, -0.1) is 0 Å². The summed E-state index contributed by atoms with van der Waals surface area (Å²) in [6.45, 7) is 0.808. The van der Waals surface area contributed by atoms with Crippen LogP contribution in [-0.2, 0) is 20.0 Å². The van der Waals surface area contributed by atoms with Gasteiger partial charge in [0.05, 0.1) is 24.1 Å². The molecule has 0 unspecified atom stereocenters. The Bertz CT molecular complexity index is 1030. The number of para-hydroxylation sites is 1. The van der Waals surface area contributed by atoms with Crippen molar-refractivity contribution >= 4 is 10.9 Å². The van der Waals surface area contributed by atoms with Gasteiger partial charge in [-0.1, -0.05) is 48.5 Å². The third-order valence-electron chi connectivity index (χ3n) is 6.47. The van der Waals surface area contributed by atoms with Crippen molar-refractivity contribution in [2.24, 2.45) is 13.0 Å². The predicted octanol–water partition coefficient (Wildman–Crippen LogP) is 3.55. The summed E-state index contributed by atoms with van der Waals surface area (Å²) >= 11 is 0. The third kappa shape index (κ3) is 2.43. The quantitative estimate of drug-likeness (QED) is 0.763. The smallest absolute Gasteiger partial charge is 0.0881 e. The van der Waals surface area contributed by atoms with Crippen LogP contribution in [0.4, 0.5) is 0 Å². The molecule has 1 saturated heterocycles. The van der Waals surface area contributed by atoms with E-state index in [-0.39, 0.29) is 18.0 Å². The molecule has 27 heavy (non-hydrogen) atoms. The normalized spacial score (nSPS) is 27.3. The Kier molecular flexibility index (Phi) is 3.82. The largest absolute Gasteiger partial charge is 0.392 e. The topological polar surface area (TPSA) is 52.2 Å². The fourth-order valence-corrected chi connectivity index (χ4v) is 5.25. The molecule has 136 valence electrons. The van der Waals surface area contributed by atoms with Gasteiger partial charge in [-0.3, -0.25) is 4.90 Å². The molecule has 0 radical (unpaired) electrons. The number of aromatic nitrogens is 1. The summed E-state index contributed by atoms with van der Waals surface area (Å²) in [5, 5.41) is 21.8. The second kappa shape index (κ2) is 6.23. The van der Waals surface area contributed by atoms with Crippen LogP contribution in [0.5, 0.6) is 0 Å². The molecule has 0 amide bonds. The zero-order valence-corrected chi connectivity index (χ0v) is 15.4. The second-order valence-corrected chi connectivity index (χ2v) is 7.84. The molecule has 1 N–H and O–H groups in total. The molecule has 2 aliphatic heterocycles. The third-order valence-corrected chi connectivity index (χ3v) is 6.47. The van der Waals surface area contributed by atoms with Crippen molar-refractivity contribution in [1.82, 2.24) is 9.47 Å². The number of benzene rings is 2. The molecule has 4 heteroatoms. The van der Waals surface area contributed by atoms with Gasteiger partial charge >= 0.3 is 0 Å². The van der Waals surface area contributed by atoms with Crippen LogP contribution in [0.25, 0.3) is 10.9 Å². The average Bonchev–Trinajstić information content (AvgIpc) is 2.97. The van der Waals surface area contributed by atoms with Gasteiger partial charge in [0, 0.05) is 36.2 Å². The van der Waals surface area contributed by atoms with E-state index >= 15 is 0 Å². The molecule has 5 rings (SSSR count). The van der Waals surface area contributed by atoms with E-state index in [1.807, 2.05) is 6.07 Å². The summed E-state index contributed by atoms with van der Waals surface area (Å²) < 4.78 is 2.29. The molecule has 0 aliphatic carbocycles. The highest BCUT2D eigenvalue weighted by atomic mass is 16.3. The maximum Gasteiger partial charge on any atom is 0.0881 e. The van der Waals surface area contributed by atoms with Crippen molar-refractivity contribution in [2.75, 3.05) is 0 Å². The molecule has 4 atom stereocenters. The van der Waals surface area contributed by atoms with Crippen molar-refractivity contribution in [3.63, 3.8) is 0 Å². The van der Waals surface area contributed by atoms with Gasteiger partial charge in [0.1, 0.15) is 0 Å². The van der Waals surface area contributed by atoms with Gasteiger partial charge in [0.15, 0.2) is 0 Å². The summed E-state index contributed by atoms with van der Waals surface area (Å²) in [6.07, 6.45) is 0.858. The zero-order valence-electron chi connectivity index (χ0n) is 15.4. The van der Waals surface area contributed by atoms with E-state index in [0.717, 1.165) is 13.0 Å². The number of rotatable bonds is 2. The lowest BCUT2D eigenvalue weighted by Gasteiger charge is -2.50. The maximum atomic E-state index is 10.7. The molecular weight excluding hydrogens is 334 g/mol. The minimum absolute atomic E-state index is 0.0438. The molecule has 2 aliphatic rings. The lowest BCUT2D eigenvalue weighted by atomic mass is 9.75. The molecule has 4 nitrogen and oxygen atoms in total. The fraction of sp³-hybridized carbons (Fsp3) is 0.348. The van der Waals surface area contributed by atoms with Crippen LogP contribution in [0.1, 0.15) is 29.3 Å². The Hall–Kier alpha value is -2.61. The van der Waals surface area contributed by atoms with E-state index in [4.69, 9.17) is 0 Å². The first-order valence-corrected chi connectivity index (χ1v) is 9.62. The second-order valence-electron chi connectivity index (χ2n) is 7.84. The highest BCUT2D eigenvalue weighted by Gasteiger charge is 2.48. The summed E-state index contributed by atoms with van der Waals surface area (Å²) in [7, 11) is 2.13. The molecule has 0 saturated carbocycles. The van der Waals surface area contributed by atoms with Crippen LogP contribution in [-0.4, -0.2) is 26.7 Å². The highest BCUT2D eigenvalue weighted by Crippen LogP contribution is 2.47. The van der Waals surface area contributed by atoms with Crippen molar-refractivity contribution in [3.05, 3.63) is 71.4 Å². The van der Waals surface area contributed by atoms with E-state index in [1.165, 1.54) is 27.7 Å². The summed E-state index contributed by atoms with van der Waals surface area (Å²) in [5.74, 6) is -0.350. The lowest BCUT2D eigenvalue weighted by Crippen LogP contribution is -2.55. The summed E-state index contributed by atoms with van der Waals surface area (Å²) in [6, 6.07) is 21.6. The van der Waals surface area contributed by atoms with E-state index < -0.39 is 6.10 Å². The van der Waals surface area contributed by atoms with Crippen LogP contribution in [0, 0.1) is 17.2 Å². The predicted molar refractivity (Wildman–Crippen MR) is 105 cm³/mol. The van der Waals surface area contributed by atoms with E-state index in [9.17, 15) is 10.4 Å². The minimum Gasteiger partial charge on any atom is -0.392 e. The minimum atomic E-state index is -0.566. The Morgan fingerprint density at radius 1 is 1.11 bits per heavy atom. The molecule has 3 heterocycles. The first kappa shape index (κ1) is 16.6. The summed E-state index contributed by atoms with van der Waals surface area (Å²) in [5.41, 5.74) is 5.15. The van der Waals surface area contributed by atoms with Crippen molar-refractivity contribution < 1.29 is 5.11 Å². The molecule has 0 spiro atoms. The fourth-order valence-electron chi connectivity index (χ4n) is 5.25. The number of fused-ring (bicyclic) bond motifs is 6. The first-order valence-electron chi connectivity index (χ1n) is 9.62. The Balaban J connectivity index is 1.67. The number of hydrogen-bond donors (Lipinski definition) is 1. The standard InChI is InChI=1S/C23H23N3O/c1-25-19-10-6-5-9-16(19)17-11-20-18(13-24)22(27)12-21(23(17)25)26(20)14-15-7-3-2-4-8-15/h2-10,18,20-22,27H,11-12,14H2,1H3/t18-,20-,21-,22-/m0/s1. The molecule has 3 aromatic rings. The SMILES string of the molecule is Cn1c2c(c3ccccc31)C[C@H]1[C@H](C#N)[C@@H](O)C[C@@H]2N1Cc1ccccc1. The highest BCUT2D eigenvalue weighted by molar-refractivity contribution is 5.86. The van der Waals surface area contributed by atoms with Gasteiger partial charge in [-0.2, -0.15) is 5.26 Å². The van der Waals surface area contributed by atoms with Crippen LogP contribution < -0.4 is 0 Å². The van der Waals surface area contributed by atoms with Crippen LogP contribution in [0.15, 0.2) is 54.6 Å². The number of nitriles is 1. The van der Waals surface area contributed by atoms with Gasteiger partial charge in [0.25, 0.3) is 0 Å². The number of aliphatic hydroxyl groups is 1. The maximum absolute atomic E-state index is 10.7. The van der Waals surface area contributed by atoms with Crippen molar-refractivity contribution in [3.8, 4) is 6.07 Å². The van der Waals surface area contributed by atoms with E-state index in [2.05, 4.69) is 71.1 Å². The first-order chi connectivity index (χ1) is 13.2. The van der Waals surface area contributed by atoms with Gasteiger partial charge in [-0.05, 0) is 30.0 Å². The lowest BCUT2D eigenvalue weighted by molar-refractivity contribution is -0.0451. The monoisotopic (exact) mass is 357 g/mol. The zero-order chi connectivity index (χ0) is 18.5. The molecule has 1 aromatic heterocycles. The number of piperidine rings is 1. The molecular formula is C23H23N3O. The Morgan fingerprint density at radius 2 is 1.85 bits per heavy atom. The Labute approximate surface area is 159 Å². The number of hydrogen-bond acceptors (Lipinski definition) is 3.